The van der Waals surface area contributed by atoms with Crippen LogP contribution in [0.5, 0.6) is 0 Å². The summed E-state index contributed by atoms with van der Waals surface area (Å²) in [6.45, 7) is 0. The van der Waals surface area contributed by atoms with Crippen molar-refractivity contribution in [1.29, 1.82) is 0 Å². The largest absolute Gasteiger partial charge is 2.00 e. The zero-order valence-electron chi connectivity index (χ0n) is 39.9. The first-order chi connectivity index (χ1) is 23.4. The van der Waals surface area contributed by atoms with Crippen molar-refractivity contribution in [2.24, 2.45) is 0 Å². The molecule has 6 saturated carbocycles. The molecule has 6 aliphatic carbocycles. The number of rotatable bonds is 4. The Bertz CT molecular complexity index is 1280. The van der Waals surface area contributed by atoms with Gasteiger partial charge in [0.25, 0.3) is 20.2 Å². The van der Waals surface area contributed by atoms with Crippen molar-refractivity contribution in [3.05, 3.63) is 44.6 Å². The Hall–Kier alpha value is 4.03. The Kier molecular flexibility index (Phi) is 92.2. The summed E-state index contributed by atoms with van der Waals surface area (Å²) in [5, 5.41) is -2.06. The van der Waals surface area contributed by atoms with E-state index in [4.69, 9.17) is 26.6 Å². The third-order valence-corrected chi connectivity index (χ3v) is 14.6. The summed E-state index contributed by atoms with van der Waals surface area (Å²) in [7, 11) is -20.0. The maximum Gasteiger partial charge on any atom is 2.00 e. The quantitative estimate of drug-likeness (QED) is 0.155. The molecule has 382 valence electrons. The van der Waals surface area contributed by atoms with E-state index in [2.05, 4.69) is 0 Å². The monoisotopic (exact) mass is 1180 g/mol. The number of hydrogen-bond donors (Lipinski definition) is 4. The minimum absolute atomic E-state index is 0. The van der Waals surface area contributed by atoms with Gasteiger partial charge in [0.1, 0.15) is 0 Å². The van der Waals surface area contributed by atoms with Gasteiger partial charge in [0, 0.05) is 10.5 Å². The number of hydrogen-bond acceptors (Lipinski definition) is 13. The van der Waals surface area contributed by atoms with E-state index < -0.39 is 71.9 Å². The van der Waals surface area contributed by atoms with Crippen LogP contribution in [0.4, 0.5) is 0 Å². The summed E-state index contributed by atoms with van der Waals surface area (Å²) >= 11 is 0. The molecule has 0 unspecified atom stereocenters. The Labute approximate surface area is 491 Å². The van der Waals surface area contributed by atoms with Crippen molar-refractivity contribution in [2.75, 3.05) is 0 Å². The van der Waals surface area contributed by atoms with Crippen LogP contribution in [0.3, 0.4) is 0 Å². The van der Waals surface area contributed by atoms with Gasteiger partial charge in [0.2, 0.25) is 0 Å². The van der Waals surface area contributed by atoms with Gasteiger partial charge >= 0.3 is 150 Å². The van der Waals surface area contributed by atoms with Crippen molar-refractivity contribution in [1.82, 2.24) is 0 Å². The van der Waals surface area contributed by atoms with Crippen molar-refractivity contribution in [3.63, 3.8) is 0 Å². The predicted octanol–water partition coefficient (Wildman–Crippen LogP) is -0.640. The summed E-state index contributed by atoms with van der Waals surface area (Å²) in [5.41, 5.74) is 0. The second kappa shape index (κ2) is 56.3. The standard InChI is InChI=1S/4C5H10O3S.2C5H10.6CH3.3Fe.3Na.H2O4S.H2O/c4*6-9(7,8)5-3-1-2-4-5;2*1-2-4-5-3-1;;;;;;;;;;;;;1-5(2,3)4;/h4*5H,1-4H2,(H,6,7,8);2*1-5H2;6*1H3;;;;;;;(H2,1,2,3,4);1H2/q;;;;;;6*-1;3*+2;3*+1;;/p-3. The molecule has 0 heterocycles. The smallest absolute Gasteiger partial charge is 0.870 e. The van der Waals surface area contributed by atoms with Gasteiger partial charge in [-0.2, -0.15) is 25.3 Å². The molecule has 0 saturated heterocycles. The molecule has 0 aromatic heterocycles. The van der Waals surface area contributed by atoms with E-state index in [1.165, 1.54) is 64.2 Å². The van der Waals surface area contributed by atoms with Crippen LogP contribution in [0, 0.1) is 44.6 Å². The van der Waals surface area contributed by atoms with E-state index in [1.807, 2.05) is 0 Å². The Morgan fingerprint density at radius 3 is 0.469 bits per heavy atom. The molecule has 0 aliphatic heterocycles. The van der Waals surface area contributed by atoms with Gasteiger partial charge in [-0.05, 0) is 51.4 Å². The van der Waals surface area contributed by atoms with Crippen LogP contribution in [0.1, 0.15) is 167 Å². The fraction of sp³-hybridized carbons (Fsp3) is 0.833. The molecular formula is C36H79Fe3Na3O17S5. The first-order valence-electron chi connectivity index (χ1n) is 17.9. The summed E-state index contributed by atoms with van der Waals surface area (Å²) in [4.78, 5) is 0. The topological polar surface area (TPSA) is 328 Å². The molecule has 17 nitrogen and oxygen atoms in total. The normalized spacial score (nSPS) is 17.5. The van der Waals surface area contributed by atoms with Crippen LogP contribution < -0.4 is 88.7 Å². The minimum Gasteiger partial charge on any atom is -0.870 e. The first-order valence-corrected chi connectivity index (χ1v) is 25.3. The SMILES string of the molecule is C1CCCC1.C1CCCC1.O=S(=O)(O)C1CCCC1.O=S(=O)(O)C1CCCC1.O=S(=O)(O)O.O=S(=O)([O-])C1CCCC1.O=S(=O)([O-])C1CCCC1.[CH3-].[CH3-].[CH3-].[CH3-].[CH3-].[CH3-].[Fe+2].[Fe+2].[Fe+2].[Na+].[Na+].[Na+].[OH-]. The summed E-state index contributed by atoms with van der Waals surface area (Å²) in [6.07, 6.45) is 27.2. The van der Waals surface area contributed by atoms with Gasteiger partial charge in [0.15, 0.2) is 0 Å². The van der Waals surface area contributed by atoms with Gasteiger partial charge in [0.05, 0.1) is 30.7 Å². The fourth-order valence-corrected chi connectivity index (χ4v) is 10.2. The molecule has 6 aliphatic rings. The fourth-order valence-electron chi connectivity index (χ4n) is 6.49. The van der Waals surface area contributed by atoms with Gasteiger partial charge in [-0.25, -0.2) is 16.8 Å². The van der Waals surface area contributed by atoms with Crippen LogP contribution in [-0.4, -0.2) is 95.9 Å². The Balaban J connectivity index is -0.0000000372. The van der Waals surface area contributed by atoms with Crippen LogP contribution >= 0.6 is 0 Å². The van der Waals surface area contributed by atoms with E-state index in [9.17, 15) is 42.8 Å². The zero-order valence-corrected chi connectivity index (χ0v) is 53.3. The van der Waals surface area contributed by atoms with Crippen LogP contribution in [-0.2, 0) is 102 Å². The molecule has 5 N–H and O–H groups in total. The van der Waals surface area contributed by atoms with Gasteiger partial charge in [-0.1, -0.05) is 116 Å². The summed E-state index contributed by atoms with van der Waals surface area (Å²) in [5.74, 6) is 0. The predicted molar refractivity (Wildman–Crippen MR) is 232 cm³/mol. The summed E-state index contributed by atoms with van der Waals surface area (Å²) in [6, 6.07) is 0. The molecule has 0 radical (unpaired) electrons. The average molecular weight is 1180 g/mol. The maximum atomic E-state index is 10.4. The van der Waals surface area contributed by atoms with E-state index in [0.717, 1.165) is 51.4 Å². The average Bonchev–Trinajstić information content (AvgIpc) is 3.88. The molecule has 0 amide bonds. The maximum absolute atomic E-state index is 10.4. The second-order valence-electron chi connectivity index (χ2n) is 13.6. The Morgan fingerprint density at radius 2 is 0.406 bits per heavy atom. The molecule has 28 heteroatoms. The van der Waals surface area contributed by atoms with Crippen molar-refractivity contribution < 1.29 is 215 Å². The van der Waals surface area contributed by atoms with Crippen molar-refractivity contribution >= 4 is 50.9 Å². The molecular weight excluding hydrogens is 1100 g/mol. The van der Waals surface area contributed by atoms with Crippen molar-refractivity contribution in [2.45, 2.75) is 188 Å². The molecule has 0 atom stereocenters. The van der Waals surface area contributed by atoms with Crippen LogP contribution in [0.25, 0.3) is 0 Å². The van der Waals surface area contributed by atoms with E-state index in [0.29, 0.717) is 51.4 Å². The third kappa shape index (κ3) is 64.0. The summed E-state index contributed by atoms with van der Waals surface area (Å²) < 4.78 is 152. The van der Waals surface area contributed by atoms with Gasteiger partial charge in [-0.3, -0.25) is 18.2 Å². The minimum atomic E-state index is -4.67. The molecule has 6 fully saturated rings. The van der Waals surface area contributed by atoms with E-state index in [1.54, 1.807) is 0 Å². The third-order valence-electron chi connectivity index (χ3n) is 9.37. The van der Waals surface area contributed by atoms with E-state index in [-0.39, 0.29) is 190 Å². The molecule has 0 spiro atoms. The van der Waals surface area contributed by atoms with E-state index >= 15 is 0 Å². The zero-order chi connectivity index (χ0) is 39.2. The second-order valence-corrected chi connectivity index (χ2v) is 21.2. The van der Waals surface area contributed by atoms with Crippen LogP contribution in [0.15, 0.2) is 0 Å². The molecule has 0 aromatic carbocycles. The first kappa shape index (κ1) is 105. The van der Waals surface area contributed by atoms with Gasteiger partial charge < -0.3 is 59.1 Å². The molecule has 6 rings (SSSR count). The Morgan fingerprint density at radius 1 is 0.297 bits per heavy atom. The van der Waals surface area contributed by atoms with Gasteiger partial charge in [-0.15, -0.1) is 0 Å². The molecule has 64 heavy (non-hydrogen) atoms. The van der Waals surface area contributed by atoms with Crippen molar-refractivity contribution in [3.8, 4) is 0 Å². The van der Waals surface area contributed by atoms with Crippen LogP contribution in [0.2, 0.25) is 0 Å². The molecule has 0 bridgehead atoms. The molecule has 0 aromatic rings.